The molecule has 116 valence electrons. The number of rotatable bonds is 13. The van der Waals surface area contributed by atoms with Crippen LogP contribution in [-0.2, 0) is 0 Å². The molecular formula is C18H38O. The lowest BCUT2D eigenvalue weighted by Gasteiger charge is -1.99. The Hall–Kier alpha value is -0.300. The van der Waals surface area contributed by atoms with Crippen molar-refractivity contribution in [1.29, 1.82) is 0 Å². The zero-order valence-corrected chi connectivity index (χ0v) is 13.6. The molecule has 0 fully saturated rings. The lowest BCUT2D eigenvalue weighted by atomic mass is 10.1. The molecule has 0 aromatic carbocycles. The fraction of sp³-hybridized carbons (Fsp3) is 0.889. The van der Waals surface area contributed by atoms with E-state index < -0.39 is 0 Å². The molecule has 0 aliphatic carbocycles. The van der Waals surface area contributed by atoms with Gasteiger partial charge in [-0.15, -0.1) is 6.58 Å². The van der Waals surface area contributed by atoms with Crippen LogP contribution in [-0.4, -0.2) is 11.7 Å². The Labute approximate surface area is 122 Å². The zero-order chi connectivity index (χ0) is 14.6. The minimum Gasteiger partial charge on any atom is -0.396 e. The van der Waals surface area contributed by atoms with Crippen molar-refractivity contribution in [3.63, 3.8) is 0 Å². The Bertz CT molecular complexity index is 139. The third-order valence-corrected chi connectivity index (χ3v) is 3.27. The maximum absolute atomic E-state index is 8.29. The maximum atomic E-state index is 8.29. The molecule has 1 N–H and O–H groups in total. The first kappa shape index (κ1) is 21.0. The van der Waals surface area contributed by atoms with Crippen LogP contribution < -0.4 is 0 Å². The summed E-state index contributed by atoms with van der Waals surface area (Å²) in [7, 11) is 0. The second-order valence-corrected chi connectivity index (χ2v) is 5.34. The molecule has 0 aliphatic rings. The first-order chi connectivity index (χ1) is 9.33. The van der Waals surface area contributed by atoms with Gasteiger partial charge in [0, 0.05) is 6.61 Å². The van der Waals surface area contributed by atoms with Crippen LogP contribution in [0.2, 0.25) is 0 Å². The molecule has 0 atom stereocenters. The minimum atomic E-state index is 0.361. The smallest absolute Gasteiger partial charge is 0.0431 e. The van der Waals surface area contributed by atoms with Gasteiger partial charge in [-0.1, -0.05) is 84.1 Å². The van der Waals surface area contributed by atoms with Gasteiger partial charge in [-0.05, 0) is 19.3 Å². The van der Waals surface area contributed by atoms with Gasteiger partial charge in [-0.25, -0.2) is 0 Å². The summed E-state index contributed by atoms with van der Waals surface area (Å²) in [5, 5.41) is 8.29. The Morgan fingerprint density at radius 3 is 1.53 bits per heavy atom. The predicted octanol–water partition coefficient (Wildman–Crippen LogP) is 6.26. The van der Waals surface area contributed by atoms with Crippen LogP contribution in [0.3, 0.4) is 0 Å². The normalized spacial score (nSPS) is 9.84. The van der Waals surface area contributed by atoms with Gasteiger partial charge in [0.05, 0.1) is 0 Å². The lowest BCUT2D eigenvalue weighted by molar-refractivity contribution is 0.283. The molecule has 19 heavy (non-hydrogen) atoms. The summed E-state index contributed by atoms with van der Waals surface area (Å²) in [6, 6.07) is 0. The third-order valence-electron chi connectivity index (χ3n) is 3.27. The SMILES string of the molecule is C=CCCCCCCCCCC.CCCCCCO. The number of aliphatic hydroxyl groups is 1. The molecule has 0 bridgehead atoms. The van der Waals surface area contributed by atoms with Crippen molar-refractivity contribution in [2.45, 2.75) is 97.3 Å². The van der Waals surface area contributed by atoms with Crippen LogP contribution >= 0.6 is 0 Å². The van der Waals surface area contributed by atoms with Crippen LogP contribution in [0.5, 0.6) is 0 Å². The first-order valence-electron chi connectivity index (χ1n) is 8.55. The highest BCUT2D eigenvalue weighted by Crippen LogP contribution is 2.09. The van der Waals surface area contributed by atoms with E-state index in [1.54, 1.807) is 0 Å². The van der Waals surface area contributed by atoms with Crippen LogP contribution in [0.1, 0.15) is 97.3 Å². The van der Waals surface area contributed by atoms with E-state index in [0.717, 1.165) is 6.42 Å². The van der Waals surface area contributed by atoms with Crippen LogP contribution in [0, 0.1) is 0 Å². The van der Waals surface area contributed by atoms with Crippen LogP contribution in [0.25, 0.3) is 0 Å². The van der Waals surface area contributed by atoms with Gasteiger partial charge in [-0.3, -0.25) is 0 Å². The molecule has 0 heterocycles. The Balaban J connectivity index is 0. The molecule has 0 aromatic heterocycles. The number of hydrogen-bond donors (Lipinski definition) is 1. The highest BCUT2D eigenvalue weighted by Gasteiger charge is 1.89. The van der Waals surface area contributed by atoms with Crippen molar-refractivity contribution in [1.82, 2.24) is 0 Å². The Morgan fingerprint density at radius 1 is 0.684 bits per heavy atom. The van der Waals surface area contributed by atoms with Gasteiger partial charge < -0.3 is 5.11 Å². The van der Waals surface area contributed by atoms with E-state index in [-0.39, 0.29) is 0 Å². The summed E-state index contributed by atoms with van der Waals surface area (Å²) in [6.07, 6.45) is 19.2. The van der Waals surface area contributed by atoms with Gasteiger partial charge in [0.15, 0.2) is 0 Å². The second-order valence-electron chi connectivity index (χ2n) is 5.34. The van der Waals surface area contributed by atoms with Crippen molar-refractivity contribution in [2.24, 2.45) is 0 Å². The molecule has 0 aromatic rings. The molecule has 0 unspecified atom stereocenters. The topological polar surface area (TPSA) is 20.2 Å². The summed E-state index contributed by atoms with van der Waals surface area (Å²) >= 11 is 0. The quantitative estimate of drug-likeness (QED) is 0.309. The highest BCUT2D eigenvalue weighted by atomic mass is 16.2. The average molecular weight is 271 g/mol. The van der Waals surface area contributed by atoms with E-state index >= 15 is 0 Å². The molecule has 1 heteroatoms. The van der Waals surface area contributed by atoms with E-state index in [4.69, 9.17) is 5.11 Å². The van der Waals surface area contributed by atoms with E-state index in [2.05, 4.69) is 20.4 Å². The molecule has 0 aliphatic heterocycles. The largest absolute Gasteiger partial charge is 0.396 e. The number of allylic oxidation sites excluding steroid dienone is 1. The maximum Gasteiger partial charge on any atom is 0.0431 e. The highest BCUT2D eigenvalue weighted by molar-refractivity contribution is 4.65. The Kier molecular flexibility index (Phi) is 25.3. The van der Waals surface area contributed by atoms with E-state index in [9.17, 15) is 0 Å². The zero-order valence-electron chi connectivity index (χ0n) is 13.6. The number of unbranched alkanes of at least 4 members (excludes halogenated alkanes) is 11. The van der Waals surface area contributed by atoms with Crippen molar-refractivity contribution < 1.29 is 5.11 Å². The first-order valence-corrected chi connectivity index (χ1v) is 8.55. The summed E-state index contributed by atoms with van der Waals surface area (Å²) in [5.41, 5.74) is 0. The molecule has 0 spiro atoms. The van der Waals surface area contributed by atoms with E-state index in [1.165, 1.54) is 77.0 Å². The minimum absolute atomic E-state index is 0.361. The fourth-order valence-corrected chi connectivity index (χ4v) is 1.96. The summed E-state index contributed by atoms with van der Waals surface area (Å²) in [5.74, 6) is 0. The van der Waals surface area contributed by atoms with Gasteiger partial charge in [0.2, 0.25) is 0 Å². The molecule has 1 nitrogen and oxygen atoms in total. The van der Waals surface area contributed by atoms with Gasteiger partial charge >= 0.3 is 0 Å². The van der Waals surface area contributed by atoms with Gasteiger partial charge in [0.25, 0.3) is 0 Å². The average Bonchev–Trinajstić information content (AvgIpc) is 2.43. The summed E-state index contributed by atoms with van der Waals surface area (Å²) in [4.78, 5) is 0. The molecule has 0 amide bonds. The van der Waals surface area contributed by atoms with Gasteiger partial charge in [0.1, 0.15) is 0 Å². The fourth-order valence-electron chi connectivity index (χ4n) is 1.96. The standard InChI is InChI=1S/C12H24.C6H14O/c1-3-5-7-9-11-12-10-8-6-4-2;1-2-3-4-5-6-7/h3H,1,4-12H2,2H3;7H,2-6H2,1H3. The lowest BCUT2D eigenvalue weighted by Crippen LogP contribution is -1.80. The molecular weight excluding hydrogens is 232 g/mol. The predicted molar refractivity (Wildman–Crippen MR) is 88.7 cm³/mol. The van der Waals surface area contributed by atoms with E-state index in [1.807, 2.05) is 6.08 Å². The summed E-state index contributed by atoms with van der Waals surface area (Å²) < 4.78 is 0. The Morgan fingerprint density at radius 2 is 1.11 bits per heavy atom. The molecule has 0 radical (unpaired) electrons. The third kappa shape index (κ3) is 27.0. The van der Waals surface area contributed by atoms with Gasteiger partial charge in [-0.2, -0.15) is 0 Å². The van der Waals surface area contributed by atoms with Crippen molar-refractivity contribution in [3.8, 4) is 0 Å². The van der Waals surface area contributed by atoms with Crippen molar-refractivity contribution in [3.05, 3.63) is 12.7 Å². The number of hydrogen-bond acceptors (Lipinski definition) is 1. The summed E-state index contributed by atoms with van der Waals surface area (Å²) in [6.45, 7) is 8.51. The van der Waals surface area contributed by atoms with E-state index in [0.29, 0.717) is 6.61 Å². The molecule has 0 saturated heterocycles. The molecule has 0 saturated carbocycles. The van der Waals surface area contributed by atoms with Crippen LogP contribution in [0.15, 0.2) is 12.7 Å². The second kappa shape index (κ2) is 22.8. The monoisotopic (exact) mass is 270 g/mol. The van der Waals surface area contributed by atoms with Crippen LogP contribution in [0.4, 0.5) is 0 Å². The number of aliphatic hydroxyl groups excluding tert-OH is 1. The molecule has 0 rings (SSSR count). The van der Waals surface area contributed by atoms with Crippen molar-refractivity contribution in [2.75, 3.05) is 6.61 Å². The van der Waals surface area contributed by atoms with Crippen molar-refractivity contribution >= 4 is 0 Å².